The smallest absolute Gasteiger partial charge is 0.270 e. The molecule has 0 spiro atoms. The largest absolute Gasteiger partial charge is 0.355 e. The number of amides is 1. The van der Waals surface area contributed by atoms with Crippen molar-refractivity contribution in [1.82, 2.24) is 30.1 Å². The molecule has 0 aromatic carbocycles. The third kappa shape index (κ3) is 2.90. The molecular weight excluding hydrogens is 306 g/mol. The molecule has 1 amide bonds. The Bertz CT molecular complexity index is 840. The lowest BCUT2D eigenvalue weighted by Crippen LogP contribution is -2.45. The average Bonchev–Trinajstić information content (AvgIpc) is 3.11. The van der Waals surface area contributed by atoms with E-state index < -0.39 is 0 Å². The van der Waals surface area contributed by atoms with Gasteiger partial charge in [0, 0.05) is 25.3 Å². The molecule has 3 aromatic heterocycles. The second-order valence-corrected chi connectivity index (χ2v) is 5.78. The zero-order chi connectivity index (χ0) is 16.4. The Hall–Kier alpha value is -3.03. The van der Waals surface area contributed by atoms with Gasteiger partial charge in [-0.15, -0.1) is 15.3 Å². The summed E-state index contributed by atoms with van der Waals surface area (Å²) in [6.45, 7) is 1.68. The van der Waals surface area contributed by atoms with Gasteiger partial charge in [-0.05, 0) is 37.1 Å². The number of piperidine rings is 1. The molecule has 4 heterocycles. The quantitative estimate of drug-likeness (QED) is 0.771. The van der Waals surface area contributed by atoms with E-state index >= 15 is 0 Å². The number of hydrogen-bond acceptors (Lipinski definition) is 6. The molecule has 0 atom stereocenters. The Morgan fingerprint density at radius 3 is 2.83 bits per heavy atom. The Labute approximate surface area is 138 Å². The summed E-state index contributed by atoms with van der Waals surface area (Å²) >= 11 is 0. The molecule has 8 heteroatoms. The monoisotopic (exact) mass is 323 g/mol. The van der Waals surface area contributed by atoms with Gasteiger partial charge in [0.15, 0.2) is 5.65 Å². The maximum absolute atomic E-state index is 12.2. The number of fused-ring (bicyclic) bond motifs is 1. The summed E-state index contributed by atoms with van der Waals surface area (Å²) in [5, 5.41) is 15.4. The molecule has 8 nitrogen and oxygen atoms in total. The highest BCUT2D eigenvalue weighted by atomic mass is 16.1. The second-order valence-electron chi connectivity index (χ2n) is 5.78. The zero-order valence-electron chi connectivity index (χ0n) is 13.0. The van der Waals surface area contributed by atoms with Crippen LogP contribution in [0.3, 0.4) is 0 Å². The van der Waals surface area contributed by atoms with Gasteiger partial charge >= 0.3 is 0 Å². The van der Waals surface area contributed by atoms with Crippen molar-refractivity contribution in [3.05, 3.63) is 48.5 Å². The standard InChI is InChI=1S/C16H17N7O/c24-16(13-3-1-2-8-17-13)19-12-6-9-22(10-7-12)15-5-4-14-20-18-11-23(14)21-15/h1-5,8,11-12H,6-7,9-10H2,(H,19,24). The number of nitrogens with zero attached hydrogens (tertiary/aromatic N) is 6. The fourth-order valence-electron chi connectivity index (χ4n) is 2.90. The number of rotatable bonds is 3. The summed E-state index contributed by atoms with van der Waals surface area (Å²) in [6, 6.07) is 9.37. The molecule has 0 unspecified atom stereocenters. The van der Waals surface area contributed by atoms with E-state index in [9.17, 15) is 4.79 Å². The predicted octanol–water partition coefficient (Wildman–Crippen LogP) is 0.918. The van der Waals surface area contributed by atoms with Gasteiger partial charge in [0.05, 0.1) is 0 Å². The van der Waals surface area contributed by atoms with Gasteiger partial charge in [-0.2, -0.15) is 4.52 Å². The molecule has 3 aromatic rings. The normalized spacial score (nSPS) is 15.6. The lowest BCUT2D eigenvalue weighted by Gasteiger charge is -2.32. The summed E-state index contributed by atoms with van der Waals surface area (Å²) in [5.74, 6) is 0.787. The summed E-state index contributed by atoms with van der Waals surface area (Å²) in [5.41, 5.74) is 1.19. The van der Waals surface area contributed by atoms with Crippen LogP contribution in [0.15, 0.2) is 42.9 Å². The van der Waals surface area contributed by atoms with E-state index in [2.05, 4.69) is 30.5 Å². The fourth-order valence-corrected chi connectivity index (χ4v) is 2.90. The van der Waals surface area contributed by atoms with Crippen molar-refractivity contribution < 1.29 is 4.79 Å². The molecule has 24 heavy (non-hydrogen) atoms. The van der Waals surface area contributed by atoms with E-state index in [-0.39, 0.29) is 11.9 Å². The van der Waals surface area contributed by atoms with E-state index in [1.807, 2.05) is 18.2 Å². The van der Waals surface area contributed by atoms with Gasteiger partial charge in [0.2, 0.25) is 0 Å². The molecule has 122 valence electrons. The topological polar surface area (TPSA) is 88.3 Å². The first-order chi connectivity index (χ1) is 11.8. The summed E-state index contributed by atoms with van der Waals surface area (Å²) in [7, 11) is 0. The third-order valence-corrected chi connectivity index (χ3v) is 4.20. The first kappa shape index (κ1) is 14.6. The Balaban J connectivity index is 1.37. The number of carbonyl (C=O) groups excluding carboxylic acids is 1. The number of carbonyl (C=O) groups is 1. The molecule has 4 rings (SSSR count). The van der Waals surface area contributed by atoms with E-state index in [1.54, 1.807) is 29.2 Å². The van der Waals surface area contributed by atoms with Crippen molar-refractivity contribution in [3.8, 4) is 0 Å². The SMILES string of the molecule is O=C(NC1CCN(c2ccc3nncn3n2)CC1)c1ccccn1. The van der Waals surface area contributed by atoms with Gasteiger partial charge in [-0.25, -0.2) is 0 Å². The molecular formula is C16H17N7O. The lowest BCUT2D eigenvalue weighted by molar-refractivity contribution is 0.0926. The molecule has 0 bridgehead atoms. The van der Waals surface area contributed by atoms with E-state index in [1.165, 1.54) is 0 Å². The molecule has 1 aliphatic heterocycles. The van der Waals surface area contributed by atoms with Crippen LogP contribution in [0.1, 0.15) is 23.3 Å². The molecule has 1 N–H and O–H groups in total. The Morgan fingerprint density at radius 2 is 2.04 bits per heavy atom. The highest BCUT2D eigenvalue weighted by Gasteiger charge is 2.22. The Kier molecular flexibility index (Phi) is 3.78. The first-order valence-corrected chi connectivity index (χ1v) is 7.93. The number of nitrogens with one attached hydrogen (secondary N) is 1. The number of pyridine rings is 1. The van der Waals surface area contributed by atoms with Crippen LogP contribution in [0.2, 0.25) is 0 Å². The maximum atomic E-state index is 12.2. The lowest BCUT2D eigenvalue weighted by atomic mass is 10.0. The minimum Gasteiger partial charge on any atom is -0.355 e. The van der Waals surface area contributed by atoms with E-state index in [0.29, 0.717) is 5.69 Å². The van der Waals surface area contributed by atoms with Gasteiger partial charge in [0.25, 0.3) is 5.91 Å². The maximum Gasteiger partial charge on any atom is 0.270 e. The van der Waals surface area contributed by atoms with Crippen molar-refractivity contribution in [2.45, 2.75) is 18.9 Å². The minimum atomic E-state index is -0.113. The third-order valence-electron chi connectivity index (χ3n) is 4.20. The first-order valence-electron chi connectivity index (χ1n) is 7.93. The van der Waals surface area contributed by atoms with Crippen LogP contribution in [0.4, 0.5) is 5.82 Å². The van der Waals surface area contributed by atoms with Crippen molar-refractivity contribution >= 4 is 17.4 Å². The van der Waals surface area contributed by atoms with Crippen LogP contribution < -0.4 is 10.2 Å². The summed E-state index contributed by atoms with van der Waals surface area (Å²) in [6.07, 6.45) is 4.98. The average molecular weight is 323 g/mol. The number of aromatic nitrogens is 5. The van der Waals surface area contributed by atoms with Crippen molar-refractivity contribution in [2.75, 3.05) is 18.0 Å². The van der Waals surface area contributed by atoms with E-state index in [0.717, 1.165) is 37.4 Å². The second kappa shape index (κ2) is 6.23. The molecule has 0 radical (unpaired) electrons. The van der Waals surface area contributed by atoms with Crippen molar-refractivity contribution in [1.29, 1.82) is 0 Å². The highest BCUT2D eigenvalue weighted by Crippen LogP contribution is 2.18. The van der Waals surface area contributed by atoms with Crippen LogP contribution in [0.5, 0.6) is 0 Å². The number of hydrogen-bond donors (Lipinski definition) is 1. The van der Waals surface area contributed by atoms with Gasteiger partial charge in [-0.3, -0.25) is 9.78 Å². The van der Waals surface area contributed by atoms with Crippen LogP contribution in [0, 0.1) is 0 Å². The van der Waals surface area contributed by atoms with Gasteiger partial charge in [0.1, 0.15) is 17.8 Å². The van der Waals surface area contributed by atoms with Crippen LogP contribution in [-0.2, 0) is 0 Å². The fraction of sp³-hybridized carbons (Fsp3) is 0.312. The Morgan fingerprint density at radius 1 is 1.17 bits per heavy atom. The zero-order valence-corrected chi connectivity index (χ0v) is 13.0. The summed E-state index contributed by atoms with van der Waals surface area (Å²) in [4.78, 5) is 18.5. The number of anilines is 1. The van der Waals surface area contributed by atoms with Crippen molar-refractivity contribution in [2.24, 2.45) is 0 Å². The molecule has 1 aliphatic rings. The highest BCUT2D eigenvalue weighted by molar-refractivity contribution is 5.92. The van der Waals surface area contributed by atoms with E-state index in [4.69, 9.17) is 0 Å². The molecule has 1 saturated heterocycles. The van der Waals surface area contributed by atoms with Gasteiger partial charge < -0.3 is 10.2 Å². The molecule has 1 fully saturated rings. The summed E-state index contributed by atoms with van der Waals surface area (Å²) < 4.78 is 1.67. The molecule has 0 aliphatic carbocycles. The minimum absolute atomic E-state index is 0.113. The van der Waals surface area contributed by atoms with Crippen LogP contribution in [0.25, 0.3) is 5.65 Å². The van der Waals surface area contributed by atoms with Crippen molar-refractivity contribution in [3.63, 3.8) is 0 Å². The van der Waals surface area contributed by atoms with Crippen LogP contribution >= 0.6 is 0 Å². The molecule has 0 saturated carbocycles. The van der Waals surface area contributed by atoms with Crippen LogP contribution in [-0.4, -0.2) is 49.8 Å². The predicted molar refractivity (Wildman–Crippen MR) is 87.7 cm³/mol. The van der Waals surface area contributed by atoms with Gasteiger partial charge in [-0.1, -0.05) is 6.07 Å².